The van der Waals surface area contributed by atoms with Crippen LogP contribution in [0, 0.1) is 0 Å². The van der Waals surface area contributed by atoms with Crippen LogP contribution in [-0.4, -0.2) is 26.5 Å². The van der Waals surface area contributed by atoms with Crippen LogP contribution in [0.4, 0.5) is 0 Å². The lowest BCUT2D eigenvalue weighted by Crippen LogP contribution is -2.42. The first-order valence-corrected chi connectivity index (χ1v) is 7.93. The average Bonchev–Trinajstić information content (AvgIpc) is 3.09. The zero-order valence-corrected chi connectivity index (χ0v) is 13.4. The number of fused-ring (bicyclic) bond motifs is 1. The third-order valence-corrected chi connectivity index (χ3v) is 4.37. The van der Waals surface area contributed by atoms with Gasteiger partial charge in [-0.15, -0.1) is 25.3 Å². The Morgan fingerprint density at radius 2 is 1.50 bits per heavy atom. The van der Waals surface area contributed by atoms with Crippen LogP contribution in [0.2, 0.25) is 0 Å². The molecule has 0 saturated heterocycles. The van der Waals surface area contributed by atoms with E-state index in [2.05, 4.69) is 47.4 Å². The van der Waals surface area contributed by atoms with Gasteiger partial charge in [0, 0.05) is 5.56 Å². The Kier molecular flexibility index (Phi) is 3.44. The molecule has 2 unspecified atom stereocenters. The van der Waals surface area contributed by atoms with Crippen LogP contribution >= 0.6 is 25.3 Å². The van der Waals surface area contributed by atoms with Gasteiger partial charge in [-0.05, 0) is 5.56 Å². The third kappa shape index (κ3) is 2.15. The van der Waals surface area contributed by atoms with E-state index in [0.717, 1.165) is 17.0 Å². The minimum absolute atomic E-state index is 0.152. The van der Waals surface area contributed by atoms with E-state index in [0.29, 0.717) is 5.17 Å². The number of hydrogen-bond acceptors (Lipinski definition) is 5. The second-order valence-electron chi connectivity index (χ2n) is 5.07. The first kappa shape index (κ1) is 13.9. The highest BCUT2D eigenvalue weighted by atomic mass is 32.1. The summed E-state index contributed by atoms with van der Waals surface area (Å²) < 4.78 is 0. The van der Waals surface area contributed by atoms with E-state index in [1.54, 1.807) is 0 Å². The number of aliphatic imine (C=N–C) groups is 2. The Morgan fingerprint density at radius 1 is 0.864 bits per heavy atom. The molecule has 0 N–H and O–H groups in total. The molecule has 2 aliphatic rings. The van der Waals surface area contributed by atoms with E-state index in [9.17, 15) is 0 Å². The summed E-state index contributed by atoms with van der Waals surface area (Å²) >= 11 is 9.16. The molecule has 0 aliphatic carbocycles. The minimum Gasteiger partial charge on any atom is -0.235 e. The van der Waals surface area contributed by atoms with Crippen LogP contribution in [0.25, 0.3) is 0 Å². The summed E-state index contributed by atoms with van der Waals surface area (Å²) in [5.41, 5.74) is 1.84. The fourth-order valence-corrected chi connectivity index (χ4v) is 3.38. The maximum absolute atomic E-state index is 4.67. The van der Waals surface area contributed by atoms with Crippen molar-refractivity contribution in [1.29, 1.82) is 0 Å². The van der Waals surface area contributed by atoms with Crippen molar-refractivity contribution in [1.82, 2.24) is 10.0 Å². The third-order valence-electron chi connectivity index (χ3n) is 3.71. The molecule has 0 radical (unpaired) electrons. The topological polar surface area (TPSA) is 31.2 Å². The van der Waals surface area contributed by atoms with E-state index in [4.69, 9.17) is 0 Å². The molecule has 2 atom stereocenters. The molecule has 2 aromatic rings. The van der Waals surface area contributed by atoms with Crippen LogP contribution in [0.3, 0.4) is 0 Å². The maximum Gasteiger partial charge on any atom is 0.179 e. The lowest BCUT2D eigenvalue weighted by molar-refractivity contribution is 0.0975. The van der Waals surface area contributed by atoms with E-state index >= 15 is 0 Å². The predicted octanol–water partition coefficient (Wildman–Crippen LogP) is 3.18. The number of rotatable bonds is 2. The summed E-state index contributed by atoms with van der Waals surface area (Å²) in [4.78, 5) is 9.34. The molecule has 0 fully saturated rings. The SMILES string of the molecule is SC1=NC(c2ccccc2)N2C(S)N=C(c3ccccc3)N12. The number of hydrogen-bond donors (Lipinski definition) is 2. The molecule has 2 aliphatic heterocycles. The highest BCUT2D eigenvalue weighted by molar-refractivity contribution is 7.96. The smallest absolute Gasteiger partial charge is 0.179 e. The zero-order valence-electron chi connectivity index (χ0n) is 11.6. The van der Waals surface area contributed by atoms with E-state index in [1.165, 1.54) is 0 Å². The molecule has 0 saturated carbocycles. The van der Waals surface area contributed by atoms with Crippen LogP contribution in [0.15, 0.2) is 70.6 Å². The quantitative estimate of drug-likeness (QED) is 0.831. The maximum atomic E-state index is 4.67. The van der Waals surface area contributed by atoms with Gasteiger partial charge in [0.15, 0.2) is 22.7 Å². The minimum atomic E-state index is -0.284. The van der Waals surface area contributed by atoms with Crippen molar-refractivity contribution in [3.05, 3.63) is 71.8 Å². The Morgan fingerprint density at radius 3 is 2.18 bits per heavy atom. The van der Waals surface area contributed by atoms with E-state index < -0.39 is 0 Å². The van der Waals surface area contributed by atoms with Gasteiger partial charge in [-0.2, -0.15) is 5.01 Å². The Labute approximate surface area is 140 Å². The molecule has 110 valence electrons. The molecule has 0 amide bonds. The van der Waals surface area contributed by atoms with Crippen molar-refractivity contribution in [2.75, 3.05) is 0 Å². The van der Waals surface area contributed by atoms with Crippen LogP contribution < -0.4 is 0 Å². The summed E-state index contributed by atoms with van der Waals surface area (Å²) in [6.07, 6.45) is -0.152. The zero-order chi connectivity index (χ0) is 15.1. The second kappa shape index (κ2) is 5.46. The van der Waals surface area contributed by atoms with Crippen LogP contribution in [0.1, 0.15) is 17.3 Å². The Hall–Kier alpha value is -1.76. The normalized spacial score (nSPS) is 24.2. The van der Waals surface area contributed by atoms with Gasteiger partial charge < -0.3 is 0 Å². The van der Waals surface area contributed by atoms with Crippen LogP contribution in [0.5, 0.6) is 0 Å². The van der Waals surface area contributed by atoms with Crippen molar-refractivity contribution < 1.29 is 0 Å². The molecule has 2 aromatic carbocycles. The number of hydrazine groups is 1. The predicted molar refractivity (Wildman–Crippen MR) is 95.0 cm³/mol. The molecule has 22 heavy (non-hydrogen) atoms. The summed E-state index contributed by atoms with van der Waals surface area (Å²) in [5, 5.41) is 4.60. The van der Waals surface area contributed by atoms with Gasteiger partial charge in [0.25, 0.3) is 0 Å². The van der Waals surface area contributed by atoms with Gasteiger partial charge >= 0.3 is 0 Å². The summed E-state index contributed by atoms with van der Waals surface area (Å²) in [6.45, 7) is 0. The first-order valence-electron chi connectivity index (χ1n) is 6.97. The highest BCUT2D eigenvalue weighted by Gasteiger charge is 2.44. The van der Waals surface area contributed by atoms with E-state index in [-0.39, 0.29) is 11.7 Å². The first-order chi connectivity index (χ1) is 10.8. The van der Waals surface area contributed by atoms with Gasteiger partial charge in [0.2, 0.25) is 0 Å². The number of amidine groups is 2. The Bertz CT molecular complexity index is 745. The number of nitrogens with zero attached hydrogens (tertiary/aromatic N) is 4. The Balaban J connectivity index is 1.73. The fourth-order valence-electron chi connectivity index (χ4n) is 2.73. The van der Waals surface area contributed by atoms with Crippen molar-refractivity contribution in [2.45, 2.75) is 11.7 Å². The molecule has 4 nitrogen and oxygen atoms in total. The molecule has 0 spiro atoms. The van der Waals surface area contributed by atoms with Gasteiger partial charge in [-0.3, -0.25) is 0 Å². The van der Waals surface area contributed by atoms with Crippen molar-refractivity contribution in [2.24, 2.45) is 9.98 Å². The van der Waals surface area contributed by atoms with Crippen molar-refractivity contribution >= 4 is 36.3 Å². The van der Waals surface area contributed by atoms with Gasteiger partial charge in [-0.1, -0.05) is 60.7 Å². The molecule has 2 heterocycles. The van der Waals surface area contributed by atoms with Crippen molar-refractivity contribution in [3.63, 3.8) is 0 Å². The molecular formula is C16H14N4S2. The molecule has 4 rings (SSSR count). The fraction of sp³-hybridized carbons (Fsp3) is 0.125. The van der Waals surface area contributed by atoms with Crippen molar-refractivity contribution in [3.8, 4) is 0 Å². The summed E-state index contributed by atoms with van der Waals surface area (Å²) in [7, 11) is 0. The van der Waals surface area contributed by atoms with Gasteiger partial charge in [0.1, 0.15) is 0 Å². The van der Waals surface area contributed by atoms with Gasteiger partial charge in [0.05, 0.1) is 0 Å². The average molecular weight is 326 g/mol. The number of benzene rings is 2. The molecule has 0 aromatic heterocycles. The second-order valence-corrected chi connectivity index (χ2v) is 5.93. The highest BCUT2D eigenvalue weighted by Crippen LogP contribution is 2.38. The van der Waals surface area contributed by atoms with Gasteiger partial charge in [-0.25, -0.2) is 15.0 Å². The number of thiol groups is 2. The summed E-state index contributed by atoms with van der Waals surface area (Å²) in [6, 6.07) is 20.2. The van der Waals surface area contributed by atoms with Crippen LogP contribution in [-0.2, 0) is 0 Å². The molecule has 6 heteroatoms. The molecule has 0 bridgehead atoms. The lowest BCUT2D eigenvalue weighted by atomic mass is 10.2. The largest absolute Gasteiger partial charge is 0.235 e. The molecular weight excluding hydrogens is 312 g/mol. The van der Waals surface area contributed by atoms with E-state index in [1.807, 2.05) is 58.5 Å². The summed E-state index contributed by atoms with van der Waals surface area (Å²) in [5.74, 6) is 0.827. The monoisotopic (exact) mass is 326 g/mol. The standard InChI is InChI=1S/C16H14N4S2/c21-15-17-13(11-7-3-1-4-8-11)19-16(22)18-14(20(15)19)12-9-5-2-6-10-12/h1-10,13,16,22H,(H,17,21). The lowest BCUT2D eigenvalue weighted by Gasteiger charge is -2.28.